The lowest BCUT2D eigenvalue weighted by Crippen LogP contribution is -2.45. The Morgan fingerprint density at radius 1 is 1.32 bits per heavy atom. The summed E-state index contributed by atoms with van der Waals surface area (Å²) in [5.74, 6) is -0.737. The van der Waals surface area contributed by atoms with Crippen molar-refractivity contribution >= 4 is 11.6 Å². The molecule has 0 radical (unpaired) electrons. The van der Waals surface area contributed by atoms with E-state index in [1.54, 1.807) is 5.01 Å². The van der Waals surface area contributed by atoms with Crippen molar-refractivity contribution in [2.45, 2.75) is 19.3 Å². The van der Waals surface area contributed by atoms with Crippen LogP contribution < -0.4 is 5.43 Å². The molecule has 1 aliphatic rings. The third kappa shape index (κ3) is 3.19. The van der Waals surface area contributed by atoms with Crippen molar-refractivity contribution < 1.29 is 14.8 Å². The van der Waals surface area contributed by atoms with Gasteiger partial charge in [-0.25, -0.2) is 5.01 Å². The molecular weight excluding hydrogens is 250 g/mol. The minimum atomic E-state index is -0.634. The molecule has 0 saturated carbocycles. The van der Waals surface area contributed by atoms with Gasteiger partial charge in [-0.3, -0.25) is 20.3 Å². The highest BCUT2D eigenvalue weighted by Gasteiger charge is 2.22. The lowest BCUT2D eigenvalue weighted by molar-refractivity contribution is -0.385. The van der Waals surface area contributed by atoms with Crippen molar-refractivity contribution in [3.63, 3.8) is 0 Å². The van der Waals surface area contributed by atoms with Gasteiger partial charge < -0.3 is 5.11 Å². The van der Waals surface area contributed by atoms with E-state index in [0.717, 1.165) is 44.5 Å². The first-order valence-electron chi connectivity index (χ1n) is 6.11. The van der Waals surface area contributed by atoms with Gasteiger partial charge in [-0.2, -0.15) is 0 Å². The molecule has 0 unspecified atom stereocenters. The third-order valence-corrected chi connectivity index (χ3v) is 3.04. The molecule has 7 heteroatoms. The van der Waals surface area contributed by atoms with E-state index in [1.807, 2.05) is 0 Å². The summed E-state index contributed by atoms with van der Waals surface area (Å²) < 4.78 is 0. The summed E-state index contributed by atoms with van der Waals surface area (Å²) in [6.07, 6.45) is 3.10. The minimum Gasteiger partial charge on any atom is -0.508 e. The summed E-state index contributed by atoms with van der Waals surface area (Å²) >= 11 is 0. The van der Waals surface area contributed by atoms with E-state index in [9.17, 15) is 20.0 Å². The van der Waals surface area contributed by atoms with Crippen LogP contribution in [0, 0.1) is 10.1 Å². The van der Waals surface area contributed by atoms with E-state index in [-0.39, 0.29) is 17.0 Å². The maximum absolute atomic E-state index is 12.0. The van der Waals surface area contributed by atoms with Crippen LogP contribution in [0.2, 0.25) is 0 Å². The number of phenols is 1. The summed E-state index contributed by atoms with van der Waals surface area (Å²) in [6.45, 7) is 1.47. The van der Waals surface area contributed by atoms with Crippen molar-refractivity contribution in [2.24, 2.45) is 0 Å². The van der Waals surface area contributed by atoms with Crippen LogP contribution >= 0.6 is 0 Å². The number of carbonyl (C=O) groups is 1. The standard InChI is InChI=1S/C12H15N3O4/c16-9-4-5-11(15(18)19)10(8-9)12(17)13-14-6-2-1-3-7-14/h4-5,8,16H,1-3,6-7H2,(H,13,17). The fourth-order valence-electron chi connectivity index (χ4n) is 2.07. The second-order valence-electron chi connectivity index (χ2n) is 4.45. The van der Waals surface area contributed by atoms with Gasteiger partial charge >= 0.3 is 0 Å². The maximum Gasteiger partial charge on any atom is 0.282 e. The largest absolute Gasteiger partial charge is 0.508 e. The van der Waals surface area contributed by atoms with Crippen LogP contribution in [0.1, 0.15) is 29.6 Å². The topological polar surface area (TPSA) is 95.7 Å². The average molecular weight is 265 g/mol. The van der Waals surface area contributed by atoms with Gasteiger partial charge in [0.15, 0.2) is 0 Å². The van der Waals surface area contributed by atoms with E-state index in [4.69, 9.17) is 0 Å². The third-order valence-electron chi connectivity index (χ3n) is 3.04. The van der Waals surface area contributed by atoms with Gasteiger partial charge in [0.05, 0.1) is 4.92 Å². The molecule has 0 bridgehead atoms. The van der Waals surface area contributed by atoms with Crippen molar-refractivity contribution in [1.82, 2.24) is 10.4 Å². The number of aromatic hydroxyl groups is 1. The molecule has 2 rings (SSSR count). The molecule has 102 valence electrons. The molecule has 0 aliphatic carbocycles. The number of nitro groups is 1. The molecular formula is C12H15N3O4. The van der Waals surface area contributed by atoms with E-state index < -0.39 is 10.8 Å². The molecule has 1 aromatic rings. The van der Waals surface area contributed by atoms with E-state index in [1.165, 1.54) is 6.07 Å². The number of hydrazine groups is 1. The van der Waals surface area contributed by atoms with Crippen LogP contribution in [-0.2, 0) is 0 Å². The Labute approximate surface area is 110 Å². The number of amides is 1. The average Bonchev–Trinajstić information content (AvgIpc) is 2.39. The lowest BCUT2D eigenvalue weighted by atomic mass is 10.1. The van der Waals surface area contributed by atoms with Crippen LogP contribution in [0.15, 0.2) is 18.2 Å². The first-order chi connectivity index (χ1) is 9.08. The predicted octanol–water partition coefficient (Wildman–Crippen LogP) is 1.43. The van der Waals surface area contributed by atoms with Crippen LogP contribution in [0.5, 0.6) is 5.75 Å². The fraction of sp³-hybridized carbons (Fsp3) is 0.417. The highest BCUT2D eigenvalue weighted by Crippen LogP contribution is 2.23. The smallest absolute Gasteiger partial charge is 0.282 e. The SMILES string of the molecule is O=C(NN1CCCCC1)c1cc(O)ccc1[N+](=O)[O-]. The number of benzene rings is 1. The number of nitro benzene ring substituents is 1. The molecule has 0 spiro atoms. The molecule has 19 heavy (non-hydrogen) atoms. The minimum absolute atomic E-state index is 0.129. The number of carbonyl (C=O) groups excluding carboxylic acids is 1. The molecule has 1 amide bonds. The Balaban J connectivity index is 2.17. The van der Waals surface area contributed by atoms with Crippen molar-refractivity contribution in [1.29, 1.82) is 0 Å². The monoisotopic (exact) mass is 265 g/mol. The Bertz CT molecular complexity index is 498. The Morgan fingerprint density at radius 3 is 2.63 bits per heavy atom. The van der Waals surface area contributed by atoms with E-state index >= 15 is 0 Å². The fourth-order valence-corrected chi connectivity index (χ4v) is 2.07. The molecule has 0 aromatic heterocycles. The van der Waals surface area contributed by atoms with Gasteiger partial charge in [0.1, 0.15) is 11.3 Å². The Kier molecular flexibility index (Phi) is 3.96. The highest BCUT2D eigenvalue weighted by atomic mass is 16.6. The zero-order valence-corrected chi connectivity index (χ0v) is 10.3. The molecule has 1 saturated heterocycles. The van der Waals surface area contributed by atoms with Gasteiger partial charge in [0, 0.05) is 19.2 Å². The number of nitrogens with zero attached hydrogens (tertiary/aromatic N) is 2. The number of phenolic OH excluding ortho intramolecular Hbond substituents is 1. The van der Waals surface area contributed by atoms with Gasteiger partial charge in [0.25, 0.3) is 11.6 Å². The first-order valence-corrected chi connectivity index (χ1v) is 6.11. The number of piperidine rings is 1. The lowest BCUT2D eigenvalue weighted by Gasteiger charge is -2.26. The first kappa shape index (κ1) is 13.3. The van der Waals surface area contributed by atoms with Crippen molar-refractivity contribution in [2.75, 3.05) is 13.1 Å². The van der Waals surface area contributed by atoms with Crippen LogP contribution in [0.25, 0.3) is 0 Å². The van der Waals surface area contributed by atoms with Crippen molar-refractivity contribution in [3.8, 4) is 5.75 Å². The maximum atomic E-state index is 12.0. The van der Waals surface area contributed by atoms with Gasteiger partial charge in [-0.1, -0.05) is 6.42 Å². The van der Waals surface area contributed by atoms with Gasteiger partial charge in [0.2, 0.25) is 0 Å². The van der Waals surface area contributed by atoms with Gasteiger partial charge in [-0.15, -0.1) is 0 Å². The highest BCUT2D eigenvalue weighted by molar-refractivity contribution is 5.98. The zero-order chi connectivity index (χ0) is 13.8. The molecule has 2 N–H and O–H groups in total. The number of hydrogen-bond donors (Lipinski definition) is 2. The molecule has 7 nitrogen and oxygen atoms in total. The summed E-state index contributed by atoms with van der Waals surface area (Å²) in [4.78, 5) is 22.2. The summed E-state index contributed by atoms with van der Waals surface area (Å²) in [6, 6.07) is 3.42. The molecule has 1 heterocycles. The quantitative estimate of drug-likeness (QED) is 0.636. The number of nitrogens with one attached hydrogen (secondary N) is 1. The second kappa shape index (κ2) is 5.66. The summed E-state index contributed by atoms with van der Waals surface area (Å²) in [7, 11) is 0. The second-order valence-corrected chi connectivity index (χ2v) is 4.45. The normalized spacial score (nSPS) is 16.0. The zero-order valence-electron chi connectivity index (χ0n) is 10.3. The molecule has 1 aliphatic heterocycles. The summed E-state index contributed by atoms with van der Waals surface area (Å²) in [5.41, 5.74) is 2.19. The van der Waals surface area contributed by atoms with Crippen LogP contribution in [-0.4, -0.2) is 34.0 Å². The van der Waals surface area contributed by atoms with E-state index in [2.05, 4.69) is 5.43 Å². The van der Waals surface area contributed by atoms with Gasteiger partial charge in [-0.05, 0) is 25.0 Å². The van der Waals surface area contributed by atoms with Crippen molar-refractivity contribution in [3.05, 3.63) is 33.9 Å². The summed E-state index contributed by atoms with van der Waals surface area (Å²) in [5, 5.41) is 22.0. The Hall–Kier alpha value is -2.15. The Morgan fingerprint density at radius 2 is 2.00 bits per heavy atom. The number of hydrogen-bond acceptors (Lipinski definition) is 5. The number of rotatable bonds is 3. The molecule has 0 atom stereocenters. The van der Waals surface area contributed by atoms with E-state index in [0.29, 0.717) is 0 Å². The molecule has 1 fully saturated rings. The molecule has 1 aromatic carbocycles. The predicted molar refractivity (Wildman–Crippen MR) is 67.7 cm³/mol. The van der Waals surface area contributed by atoms with Crippen LogP contribution in [0.3, 0.4) is 0 Å². The van der Waals surface area contributed by atoms with Crippen LogP contribution in [0.4, 0.5) is 5.69 Å².